The smallest absolute Gasteiger partial charge is 0.333 e. The second-order valence-electron chi connectivity index (χ2n) is 12.8. The van der Waals surface area contributed by atoms with Crippen LogP contribution in [-0.2, 0) is 9.53 Å². The summed E-state index contributed by atoms with van der Waals surface area (Å²) in [5, 5.41) is 0. The zero-order valence-electron chi connectivity index (χ0n) is 29.5. The second kappa shape index (κ2) is 33.7. The van der Waals surface area contributed by atoms with Crippen LogP contribution in [0, 0.1) is 0 Å². The molecule has 0 N–H and O–H groups in total. The number of carbonyl (C=O) groups excluding carboxylic acids is 1. The Labute approximate surface area is 260 Å². The predicted molar refractivity (Wildman–Crippen MR) is 185 cm³/mol. The maximum Gasteiger partial charge on any atom is 0.333 e. The molecule has 0 aliphatic carbocycles. The molecule has 0 saturated heterocycles. The number of esters is 1. The van der Waals surface area contributed by atoms with Crippen molar-refractivity contribution in [3.05, 3.63) is 12.2 Å². The van der Waals surface area contributed by atoms with E-state index < -0.39 is 0 Å². The van der Waals surface area contributed by atoms with Gasteiger partial charge in [-0.05, 0) is 45.4 Å². The summed E-state index contributed by atoms with van der Waals surface area (Å²) in [7, 11) is 2.51. The Bertz CT molecular complexity index is 546. The third kappa shape index (κ3) is 31.9. The first-order valence-electron chi connectivity index (χ1n) is 18.6. The minimum Gasteiger partial charge on any atom is -0.462 e. The fourth-order valence-corrected chi connectivity index (χ4v) is 5.86. The molecule has 0 aliphatic rings. The third-order valence-corrected chi connectivity index (χ3v) is 8.49. The van der Waals surface area contributed by atoms with Crippen LogP contribution >= 0.6 is 0 Å². The third-order valence-electron chi connectivity index (χ3n) is 8.49. The molecule has 0 fully saturated rings. The summed E-state index contributed by atoms with van der Waals surface area (Å²) in [4.78, 5) is 11.4. The van der Waals surface area contributed by atoms with Gasteiger partial charge in [0.1, 0.15) is 0 Å². The molecule has 0 aromatic heterocycles. The molecular weight excluding hydrogens is 502 g/mol. The van der Waals surface area contributed by atoms with Crippen molar-refractivity contribution in [3.8, 4) is 0 Å². The van der Waals surface area contributed by atoms with Crippen molar-refractivity contribution in [2.75, 3.05) is 33.3 Å². The van der Waals surface area contributed by atoms with Gasteiger partial charge >= 0.3 is 5.97 Å². The van der Waals surface area contributed by atoms with Gasteiger partial charge in [0.2, 0.25) is 0 Å². The Morgan fingerprint density at radius 1 is 0.512 bits per heavy atom. The van der Waals surface area contributed by atoms with E-state index in [1.54, 1.807) is 6.92 Å². The van der Waals surface area contributed by atoms with E-state index >= 15 is 0 Å². The van der Waals surface area contributed by atoms with Crippen molar-refractivity contribution < 1.29 is 14.0 Å². The van der Waals surface area contributed by atoms with Crippen molar-refractivity contribution >= 4 is 5.97 Å². The van der Waals surface area contributed by atoms with E-state index in [-0.39, 0.29) is 5.97 Å². The number of quaternary nitrogens is 1. The highest BCUT2D eigenvalue weighted by molar-refractivity contribution is 5.86. The summed E-state index contributed by atoms with van der Waals surface area (Å²) >= 11 is 0. The van der Waals surface area contributed by atoms with E-state index in [1.165, 1.54) is 172 Å². The summed E-state index contributed by atoms with van der Waals surface area (Å²) < 4.78 is 6.45. The van der Waals surface area contributed by atoms with Crippen LogP contribution in [0.1, 0.15) is 195 Å². The zero-order valence-corrected chi connectivity index (χ0v) is 29.5. The Balaban J connectivity index is 0. The van der Waals surface area contributed by atoms with Crippen molar-refractivity contribution in [2.24, 2.45) is 0 Å². The minimum atomic E-state index is -0.252. The van der Waals surface area contributed by atoms with Crippen LogP contribution in [-0.4, -0.2) is 43.7 Å². The first-order chi connectivity index (χ1) is 19.9. The van der Waals surface area contributed by atoms with Crippen LogP contribution in [0.25, 0.3) is 0 Å². The van der Waals surface area contributed by atoms with E-state index in [0.29, 0.717) is 12.2 Å². The van der Waals surface area contributed by atoms with Gasteiger partial charge in [-0.25, -0.2) is 4.79 Å². The lowest BCUT2D eigenvalue weighted by molar-refractivity contribution is -0.910. The average molecular weight is 581 g/mol. The van der Waals surface area contributed by atoms with Gasteiger partial charge in [0.15, 0.2) is 0 Å². The van der Waals surface area contributed by atoms with Gasteiger partial charge in [-0.2, -0.15) is 0 Å². The number of hydrogen-bond acceptors (Lipinski definition) is 2. The number of carbonyl (C=O) groups is 1. The zero-order chi connectivity index (χ0) is 30.9. The molecule has 0 aliphatic heterocycles. The van der Waals surface area contributed by atoms with Crippen LogP contribution in [0.15, 0.2) is 12.2 Å². The molecule has 0 heterocycles. The molecule has 3 heteroatoms. The molecule has 0 amide bonds. The first kappa shape index (κ1) is 42.3. The molecular formula is C38H78NO2+. The van der Waals surface area contributed by atoms with Crippen molar-refractivity contribution in [1.29, 1.82) is 0 Å². The Kier molecular flexibility index (Phi) is 34.7. The summed E-state index contributed by atoms with van der Waals surface area (Å²) in [6.45, 7) is 18.6. The molecule has 1 atom stereocenters. The number of ether oxygens (including phenoxy) is 1. The molecule has 0 rings (SSSR count). The number of unbranched alkanes of at least 4 members (excludes halogenated alkanes) is 22. The molecule has 0 radical (unpaired) electrons. The molecule has 1 unspecified atom stereocenters. The quantitative estimate of drug-likeness (QED) is 0.0353. The molecule has 3 nitrogen and oxygen atoms in total. The first-order valence-corrected chi connectivity index (χ1v) is 18.6. The summed E-state index contributed by atoms with van der Waals surface area (Å²) in [5.41, 5.74) is 0.494. The van der Waals surface area contributed by atoms with E-state index in [2.05, 4.69) is 27.5 Å². The lowest BCUT2D eigenvalue weighted by Crippen LogP contribution is -2.46. The van der Waals surface area contributed by atoms with Gasteiger partial charge in [0.05, 0.1) is 33.3 Å². The van der Waals surface area contributed by atoms with Crippen LogP contribution in [0.2, 0.25) is 0 Å². The normalized spacial score (nSPS) is 12.4. The fraction of sp³-hybridized carbons (Fsp3) is 0.921. The van der Waals surface area contributed by atoms with Crippen LogP contribution < -0.4 is 0 Å². The second-order valence-corrected chi connectivity index (χ2v) is 12.8. The van der Waals surface area contributed by atoms with Gasteiger partial charge in [0.25, 0.3) is 0 Å². The van der Waals surface area contributed by atoms with E-state index in [9.17, 15) is 4.79 Å². The van der Waals surface area contributed by atoms with Crippen molar-refractivity contribution in [3.63, 3.8) is 0 Å². The van der Waals surface area contributed by atoms with Crippen LogP contribution in [0.3, 0.4) is 0 Å². The predicted octanol–water partition coefficient (Wildman–Crippen LogP) is 12.4. The van der Waals surface area contributed by atoms with Crippen molar-refractivity contribution in [1.82, 2.24) is 0 Å². The highest BCUT2D eigenvalue weighted by atomic mass is 16.5. The number of nitrogens with zero attached hydrogens (tertiary/aromatic N) is 1. The van der Waals surface area contributed by atoms with Gasteiger partial charge in [0, 0.05) is 5.57 Å². The maximum absolute atomic E-state index is 11.4. The van der Waals surface area contributed by atoms with Gasteiger partial charge in [-0.3, -0.25) is 0 Å². The Morgan fingerprint density at radius 3 is 1.15 bits per heavy atom. The Hall–Kier alpha value is -0.830. The Morgan fingerprint density at radius 2 is 0.829 bits per heavy atom. The van der Waals surface area contributed by atoms with Gasteiger partial charge in [-0.15, -0.1) is 0 Å². The molecule has 0 aromatic rings. The molecule has 41 heavy (non-hydrogen) atoms. The van der Waals surface area contributed by atoms with E-state index in [4.69, 9.17) is 4.74 Å². The molecule has 0 spiro atoms. The summed E-state index contributed by atoms with van der Waals surface area (Å²) in [6, 6.07) is 0. The number of rotatable bonds is 31. The highest BCUT2D eigenvalue weighted by Crippen LogP contribution is 2.16. The fourth-order valence-electron chi connectivity index (χ4n) is 5.86. The monoisotopic (exact) mass is 581 g/mol. The average Bonchev–Trinajstić information content (AvgIpc) is 2.96. The largest absolute Gasteiger partial charge is 0.462 e. The summed E-state index contributed by atoms with van der Waals surface area (Å²) in [5.74, 6) is -0.252. The molecule has 0 bridgehead atoms. The van der Waals surface area contributed by atoms with Crippen molar-refractivity contribution in [2.45, 2.75) is 195 Å². The van der Waals surface area contributed by atoms with Gasteiger partial charge < -0.3 is 9.22 Å². The van der Waals surface area contributed by atoms with Crippen LogP contribution in [0.5, 0.6) is 0 Å². The highest BCUT2D eigenvalue weighted by Gasteiger charge is 2.19. The molecule has 0 saturated carbocycles. The minimum absolute atomic E-state index is 0.252. The SMILES string of the molecule is C=C(C)C(=O)OCCCCCCCCCC[N+](C)(CCC)CCCCCCCCCCCCCCCCCC.CC. The topological polar surface area (TPSA) is 26.3 Å². The lowest BCUT2D eigenvalue weighted by atomic mass is 10.0. The van der Waals surface area contributed by atoms with Gasteiger partial charge in [-0.1, -0.05) is 156 Å². The standard InChI is InChI=1S/C36H72NO2.C2H6/c1-6-8-9-10-11-12-13-14-15-16-17-18-19-22-25-28-32-37(5,31-7-2)33-29-26-23-20-21-24-27-30-34-39-36(38)35(3)4;1-2/h3,6-34H2,1-2,4-5H3;1-2H3/q+1;. The molecule has 0 aromatic carbocycles. The van der Waals surface area contributed by atoms with E-state index in [0.717, 1.165) is 12.8 Å². The lowest BCUT2D eigenvalue weighted by Gasteiger charge is -2.34. The number of hydrogen-bond donors (Lipinski definition) is 0. The molecule has 246 valence electrons. The van der Waals surface area contributed by atoms with E-state index in [1.807, 2.05) is 13.8 Å². The summed E-state index contributed by atoms with van der Waals surface area (Å²) in [6.07, 6.45) is 34.7. The van der Waals surface area contributed by atoms with Crippen LogP contribution in [0.4, 0.5) is 0 Å². The maximum atomic E-state index is 11.4.